The van der Waals surface area contributed by atoms with Crippen LogP contribution in [0.25, 0.3) is 0 Å². The monoisotopic (exact) mass is 481 g/mol. The number of nitrogens with one attached hydrogen (secondary N) is 2. The number of amides is 2. The summed E-state index contributed by atoms with van der Waals surface area (Å²) < 4.78 is 10.5. The quantitative estimate of drug-likeness (QED) is 0.127. The van der Waals surface area contributed by atoms with Crippen LogP contribution in [0, 0.1) is 0 Å². The Balaban J connectivity index is 1.69. The molecule has 2 amide bonds. The van der Waals surface area contributed by atoms with Crippen molar-refractivity contribution in [2.75, 3.05) is 13.7 Å². The van der Waals surface area contributed by atoms with E-state index in [2.05, 4.69) is 22.8 Å². The Morgan fingerprint density at radius 2 is 1.60 bits per heavy atom. The van der Waals surface area contributed by atoms with E-state index in [1.54, 1.807) is 55.6 Å². The first-order valence-corrected chi connectivity index (χ1v) is 12.1. The van der Waals surface area contributed by atoms with Crippen molar-refractivity contribution in [1.29, 1.82) is 0 Å². The number of ether oxygens (including phenoxy) is 2. The smallest absolute Gasteiger partial charge is 0.343 e. The first-order valence-electron chi connectivity index (χ1n) is 12.1. The van der Waals surface area contributed by atoms with Crippen molar-refractivity contribution in [3.8, 4) is 11.5 Å². The van der Waals surface area contributed by atoms with Crippen LogP contribution in [0.15, 0.2) is 53.6 Å². The van der Waals surface area contributed by atoms with E-state index in [1.807, 2.05) is 0 Å². The van der Waals surface area contributed by atoms with Gasteiger partial charge in [0.1, 0.15) is 11.5 Å². The van der Waals surface area contributed by atoms with Crippen LogP contribution in [-0.4, -0.2) is 37.7 Å². The van der Waals surface area contributed by atoms with Crippen molar-refractivity contribution in [1.82, 2.24) is 10.7 Å². The van der Waals surface area contributed by atoms with Crippen molar-refractivity contribution in [2.45, 2.75) is 58.3 Å². The standard InChI is InChI=1S/C27H35N3O5/c1-3-4-5-6-7-8-9-13-25(31)28-20-26(32)30-29-19-21-11-10-12-24(18-21)35-27(33)22-14-16-23(34-2)17-15-22/h10-12,14-19H,3-9,13,20H2,1-2H3,(H,28,31)(H,30,32)/b29-19+. The van der Waals surface area contributed by atoms with Crippen molar-refractivity contribution in [2.24, 2.45) is 5.10 Å². The van der Waals surface area contributed by atoms with Gasteiger partial charge in [-0.2, -0.15) is 5.10 Å². The molecule has 188 valence electrons. The Labute approximate surface area is 207 Å². The van der Waals surface area contributed by atoms with Crippen LogP contribution >= 0.6 is 0 Å². The highest BCUT2D eigenvalue weighted by Gasteiger charge is 2.09. The summed E-state index contributed by atoms with van der Waals surface area (Å²) in [6.07, 6.45) is 9.81. The zero-order valence-corrected chi connectivity index (χ0v) is 20.5. The topological polar surface area (TPSA) is 106 Å². The molecule has 0 aliphatic rings. The Bertz CT molecular complexity index is 973. The number of nitrogens with zero attached hydrogens (tertiary/aromatic N) is 1. The van der Waals surface area contributed by atoms with Gasteiger partial charge in [-0.25, -0.2) is 10.2 Å². The lowest BCUT2D eigenvalue weighted by atomic mass is 10.1. The maximum absolute atomic E-state index is 12.3. The second-order valence-corrected chi connectivity index (χ2v) is 8.13. The number of benzene rings is 2. The van der Waals surface area contributed by atoms with Crippen molar-refractivity contribution < 1.29 is 23.9 Å². The van der Waals surface area contributed by atoms with Gasteiger partial charge in [-0.1, -0.05) is 57.6 Å². The van der Waals surface area contributed by atoms with E-state index in [1.165, 1.54) is 31.9 Å². The number of unbranched alkanes of at least 4 members (excludes halogenated alkanes) is 6. The number of carbonyl (C=O) groups is 3. The first kappa shape index (κ1) is 27.6. The van der Waals surface area contributed by atoms with Gasteiger partial charge in [0.15, 0.2) is 0 Å². The lowest BCUT2D eigenvalue weighted by molar-refractivity contribution is -0.126. The molecule has 0 aromatic heterocycles. The number of esters is 1. The van der Waals surface area contributed by atoms with E-state index in [4.69, 9.17) is 9.47 Å². The third-order valence-electron chi connectivity index (χ3n) is 5.25. The van der Waals surface area contributed by atoms with Crippen molar-refractivity contribution >= 4 is 24.0 Å². The maximum atomic E-state index is 12.3. The number of hydrogen-bond acceptors (Lipinski definition) is 6. The summed E-state index contributed by atoms with van der Waals surface area (Å²) in [6, 6.07) is 13.3. The van der Waals surface area contributed by atoms with E-state index in [9.17, 15) is 14.4 Å². The van der Waals surface area contributed by atoms with Crippen molar-refractivity contribution in [3.05, 3.63) is 59.7 Å². The Kier molecular flexibility index (Phi) is 12.6. The van der Waals surface area contributed by atoms with Gasteiger partial charge in [-0.15, -0.1) is 0 Å². The molecule has 0 atom stereocenters. The zero-order valence-electron chi connectivity index (χ0n) is 20.5. The summed E-state index contributed by atoms with van der Waals surface area (Å²) in [7, 11) is 1.55. The molecule has 0 saturated heterocycles. The number of rotatable bonds is 15. The van der Waals surface area contributed by atoms with E-state index in [-0.39, 0.29) is 12.5 Å². The molecule has 0 aliphatic carbocycles. The van der Waals surface area contributed by atoms with E-state index in [0.717, 1.165) is 19.3 Å². The molecule has 0 radical (unpaired) electrons. The van der Waals surface area contributed by atoms with Gasteiger partial charge < -0.3 is 14.8 Å². The minimum absolute atomic E-state index is 0.133. The van der Waals surface area contributed by atoms with E-state index < -0.39 is 11.9 Å². The number of methoxy groups -OCH3 is 1. The second-order valence-electron chi connectivity index (χ2n) is 8.13. The Morgan fingerprint density at radius 3 is 2.31 bits per heavy atom. The van der Waals surface area contributed by atoms with Gasteiger partial charge in [0.25, 0.3) is 5.91 Å². The molecule has 0 unspecified atom stereocenters. The highest BCUT2D eigenvalue weighted by molar-refractivity contribution is 5.91. The summed E-state index contributed by atoms with van der Waals surface area (Å²) >= 11 is 0. The molecule has 2 rings (SSSR count). The highest BCUT2D eigenvalue weighted by Crippen LogP contribution is 2.16. The second kappa shape index (κ2) is 16.0. The maximum Gasteiger partial charge on any atom is 0.343 e. The molecular formula is C27H35N3O5. The molecule has 8 nitrogen and oxygen atoms in total. The predicted molar refractivity (Wildman–Crippen MR) is 136 cm³/mol. The Morgan fingerprint density at radius 1 is 0.886 bits per heavy atom. The summed E-state index contributed by atoms with van der Waals surface area (Å²) in [5.74, 6) is -0.0594. The fraction of sp³-hybridized carbons (Fsp3) is 0.407. The van der Waals surface area contributed by atoms with Gasteiger partial charge in [0, 0.05) is 6.42 Å². The number of hydrogen-bond donors (Lipinski definition) is 2. The van der Waals surface area contributed by atoms with Crippen LogP contribution < -0.4 is 20.2 Å². The van der Waals surface area contributed by atoms with Crippen LogP contribution in [0.2, 0.25) is 0 Å². The molecular weight excluding hydrogens is 446 g/mol. The molecule has 0 saturated carbocycles. The molecule has 0 heterocycles. The molecule has 0 fully saturated rings. The molecule has 2 N–H and O–H groups in total. The third-order valence-corrected chi connectivity index (χ3v) is 5.25. The summed E-state index contributed by atoms with van der Waals surface area (Å²) in [5.41, 5.74) is 3.40. The average molecular weight is 482 g/mol. The first-order chi connectivity index (χ1) is 17.0. The SMILES string of the molecule is CCCCCCCCCC(=O)NCC(=O)N/N=C/c1cccc(OC(=O)c2ccc(OC)cc2)c1. The molecule has 2 aromatic rings. The minimum atomic E-state index is -0.498. The molecule has 0 bridgehead atoms. The lowest BCUT2D eigenvalue weighted by Gasteiger charge is -2.06. The Hall–Kier alpha value is -3.68. The predicted octanol–water partition coefficient (Wildman–Crippen LogP) is 4.62. The molecule has 8 heteroatoms. The molecule has 0 aliphatic heterocycles. The molecule has 0 spiro atoms. The fourth-order valence-electron chi connectivity index (χ4n) is 3.28. The number of carbonyl (C=O) groups excluding carboxylic acids is 3. The van der Waals surface area contributed by atoms with Gasteiger partial charge >= 0.3 is 5.97 Å². The molecule has 35 heavy (non-hydrogen) atoms. The lowest BCUT2D eigenvalue weighted by Crippen LogP contribution is -2.34. The summed E-state index contributed by atoms with van der Waals surface area (Å²) in [5, 5.41) is 6.50. The normalized spacial score (nSPS) is 10.7. The van der Waals surface area contributed by atoms with Crippen LogP contribution in [-0.2, 0) is 9.59 Å². The van der Waals surface area contributed by atoms with Crippen LogP contribution in [0.5, 0.6) is 11.5 Å². The van der Waals surface area contributed by atoms with Crippen LogP contribution in [0.1, 0.15) is 74.2 Å². The molecule has 2 aromatic carbocycles. The van der Waals surface area contributed by atoms with Gasteiger partial charge in [-0.3, -0.25) is 9.59 Å². The number of hydrazone groups is 1. The third kappa shape index (κ3) is 11.3. The van der Waals surface area contributed by atoms with Gasteiger partial charge in [0.2, 0.25) is 5.91 Å². The fourth-order valence-corrected chi connectivity index (χ4v) is 3.28. The summed E-state index contributed by atoms with van der Waals surface area (Å²) in [6.45, 7) is 2.06. The van der Waals surface area contributed by atoms with Crippen molar-refractivity contribution in [3.63, 3.8) is 0 Å². The summed E-state index contributed by atoms with van der Waals surface area (Å²) in [4.78, 5) is 36.1. The van der Waals surface area contributed by atoms with E-state index >= 15 is 0 Å². The van der Waals surface area contributed by atoms with Gasteiger partial charge in [-0.05, 0) is 48.4 Å². The van der Waals surface area contributed by atoms with Crippen LogP contribution in [0.3, 0.4) is 0 Å². The largest absolute Gasteiger partial charge is 0.497 e. The zero-order chi connectivity index (χ0) is 25.3. The average Bonchev–Trinajstić information content (AvgIpc) is 2.87. The van der Waals surface area contributed by atoms with E-state index in [0.29, 0.717) is 29.0 Å². The highest BCUT2D eigenvalue weighted by atomic mass is 16.5. The van der Waals surface area contributed by atoms with Crippen LogP contribution in [0.4, 0.5) is 0 Å². The minimum Gasteiger partial charge on any atom is -0.497 e. The van der Waals surface area contributed by atoms with Gasteiger partial charge in [0.05, 0.1) is 25.4 Å².